The van der Waals surface area contributed by atoms with Crippen LogP contribution in [0.15, 0.2) is 30.3 Å². The standard InChI is InChI=1S/C17H19N5O2S/c18-15(23)12-6-14(25-16(12)21-17(19)24)11-3-1-2-4-13(11)22-8-9-5-10(22)7-20-9/h1-4,6,9-10,20H,5,7-8H2,(H2,18,23)(H3,19,21,24)/t9-,10-/m0/s1. The van der Waals surface area contributed by atoms with Gasteiger partial charge in [0.05, 0.1) is 5.56 Å². The van der Waals surface area contributed by atoms with Gasteiger partial charge < -0.3 is 21.7 Å². The normalized spacial score (nSPS) is 21.5. The fourth-order valence-corrected chi connectivity index (χ4v) is 4.80. The zero-order valence-electron chi connectivity index (χ0n) is 13.5. The number of urea groups is 1. The van der Waals surface area contributed by atoms with Gasteiger partial charge in [0.2, 0.25) is 0 Å². The second-order valence-corrected chi connectivity index (χ2v) is 7.42. The average molecular weight is 357 g/mol. The number of hydrogen-bond acceptors (Lipinski definition) is 5. The SMILES string of the molecule is NC(=O)Nc1sc(-c2ccccc2N2C[C@@H]3C[C@H]2CN3)cc1C(N)=O. The van der Waals surface area contributed by atoms with Crippen molar-refractivity contribution in [3.05, 3.63) is 35.9 Å². The van der Waals surface area contributed by atoms with E-state index in [4.69, 9.17) is 11.5 Å². The predicted octanol–water partition coefficient (Wildman–Crippen LogP) is 1.56. The zero-order valence-corrected chi connectivity index (χ0v) is 14.3. The number of primary amides is 2. The average Bonchev–Trinajstić information content (AvgIpc) is 3.29. The van der Waals surface area contributed by atoms with Gasteiger partial charge >= 0.3 is 6.03 Å². The summed E-state index contributed by atoms with van der Waals surface area (Å²) in [7, 11) is 0. The van der Waals surface area contributed by atoms with Crippen molar-refractivity contribution in [1.29, 1.82) is 0 Å². The Morgan fingerprint density at radius 2 is 2.08 bits per heavy atom. The van der Waals surface area contributed by atoms with E-state index in [0.29, 0.717) is 17.1 Å². The van der Waals surface area contributed by atoms with Crippen LogP contribution in [0.1, 0.15) is 16.8 Å². The maximum Gasteiger partial charge on any atom is 0.317 e. The molecule has 1 aromatic carbocycles. The Bertz CT molecular complexity index is 849. The number of carbonyl (C=O) groups excluding carboxylic acids is 2. The van der Waals surface area contributed by atoms with Gasteiger partial charge in [0.1, 0.15) is 5.00 Å². The molecule has 7 nitrogen and oxygen atoms in total. The third-order valence-electron chi connectivity index (χ3n) is 4.77. The van der Waals surface area contributed by atoms with Gasteiger partial charge in [-0.1, -0.05) is 18.2 Å². The number of para-hydroxylation sites is 1. The number of nitrogens with zero attached hydrogens (tertiary/aromatic N) is 1. The highest BCUT2D eigenvalue weighted by Crippen LogP contribution is 2.42. The fraction of sp³-hybridized carbons (Fsp3) is 0.294. The summed E-state index contributed by atoms with van der Waals surface area (Å²) >= 11 is 1.31. The Balaban J connectivity index is 1.75. The van der Waals surface area contributed by atoms with Gasteiger partial charge in [-0.05, 0) is 18.6 Å². The Hall–Kier alpha value is -2.58. The molecule has 0 spiro atoms. The summed E-state index contributed by atoms with van der Waals surface area (Å²) in [5.41, 5.74) is 13.1. The summed E-state index contributed by atoms with van der Waals surface area (Å²) in [6, 6.07) is 10.1. The van der Waals surface area contributed by atoms with Crippen molar-refractivity contribution in [3.63, 3.8) is 0 Å². The van der Waals surface area contributed by atoms with Crippen molar-refractivity contribution in [1.82, 2.24) is 5.32 Å². The van der Waals surface area contributed by atoms with Gasteiger partial charge in [-0.25, -0.2) is 4.79 Å². The third-order valence-corrected chi connectivity index (χ3v) is 5.85. The summed E-state index contributed by atoms with van der Waals surface area (Å²) < 4.78 is 0. The fourth-order valence-electron chi connectivity index (χ4n) is 3.70. The van der Waals surface area contributed by atoms with Crippen LogP contribution in [-0.2, 0) is 0 Å². The minimum atomic E-state index is -0.716. The molecule has 2 aliphatic rings. The van der Waals surface area contributed by atoms with Crippen LogP contribution in [0.3, 0.4) is 0 Å². The van der Waals surface area contributed by atoms with Gasteiger partial charge in [0.15, 0.2) is 0 Å². The molecule has 130 valence electrons. The number of nitrogens with one attached hydrogen (secondary N) is 2. The molecule has 0 radical (unpaired) electrons. The lowest BCUT2D eigenvalue weighted by Crippen LogP contribution is -2.43. The molecule has 1 aromatic heterocycles. The first kappa shape index (κ1) is 15.9. The highest BCUT2D eigenvalue weighted by Gasteiger charge is 2.38. The maximum atomic E-state index is 11.7. The first-order valence-electron chi connectivity index (χ1n) is 8.12. The minimum absolute atomic E-state index is 0.276. The van der Waals surface area contributed by atoms with Gasteiger partial charge in [0.25, 0.3) is 5.91 Å². The van der Waals surface area contributed by atoms with E-state index in [-0.39, 0.29) is 5.56 Å². The Morgan fingerprint density at radius 1 is 1.28 bits per heavy atom. The van der Waals surface area contributed by atoms with Crippen LogP contribution in [0.4, 0.5) is 15.5 Å². The lowest BCUT2D eigenvalue weighted by atomic mass is 10.1. The van der Waals surface area contributed by atoms with Gasteiger partial charge in [0, 0.05) is 41.3 Å². The molecule has 2 fully saturated rings. The highest BCUT2D eigenvalue weighted by atomic mass is 32.1. The van der Waals surface area contributed by atoms with Crippen LogP contribution in [0.25, 0.3) is 10.4 Å². The molecule has 4 rings (SSSR count). The van der Waals surface area contributed by atoms with E-state index < -0.39 is 11.9 Å². The van der Waals surface area contributed by atoms with E-state index in [1.807, 2.05) is 18.2 Å². The molecular weight excluding hydrogens is 338 g/mol. The summed E-state index contributed by atoms with van der Waals surface area (Å²) in [6.45, 7) is 1.96. The number of thiophene rings is 1. The van der Waals surface area contributed by atoms with Crippen LogP contribution in [0.5, 0.6) is 0 Å². The van der Waals surface area contributed by atoms with Crippen LogP contribution in [0, 0.1) is 0 Å². The van der Waals surface area contributed by atoms with Crippen molar-refractivity contribution in [2.75, 3.05) is 23.3 Å². The van der Waals surface area contributed by atoms with E-state index in [0.717, 1.165) is 35.6 Å². The van der Waals surface area contributed by atoms with E-state index >= 15 is 0 Å². The number of fused-ring (bicyclic) bond motifs is 2. The third kappa shape index (κ3) is 2.83. The topological polar surface area (TPSA) is 113 Å². The maximum absolute atomic E-state index is 11.7. The summed E-state index contributed by atoms with van der Waals surface area (Å²) in [6.07, 6.45) is 1.15. The van der Waals surface area contributed by atoms with Crippen molar-refractivity contribution >= 4 is 34.0 Å². The van der Waals surface area contributed by atoms with Crippen LogP contribution < -0.4 is 27.0 Å². The second-order valence-electron chi connectivity index (χ2n) is 6.37. The number of hydrogen-bond donors (Lipinski definition) is 4. The van der Waals surface area contributed by atoms with Crippen LogP contribution in [-0.4, -0.2) is 37.1 Å². The molecule has 2 aromatic rings. The van der Waals surface area contributed by atoms with Crippen molar-refractivity contribution in [3.8, 4) is 10.4 Å². The summed E-state index contributed by atoms with van der Waals surface area (Å²) in [4.78, 5) is 26.2. The molecule has 3 heterocycles. The number of rotatable bonds is 4. The van der Waals surface area contributed by atoms with Gasteiger partial charge in [-0.3, -0.25) is 10.1 Å². The molecule has 2 bridgehead atoms. The molecule has 8 heteroatoms. The van der Waals surface area contributed by atoms with E-state index in [1.165, 1.54) is 11.3 Å². The molecule has 0 saturated carbocycles. The molecule has 25 heavy (non-hydrogen) atoms. The second kappa shape index (κ2) is 6.05. The number of carbonyl (C=O) groups is 2. The molecule has 2 saturated heterocycles. The van der Waals surface area contributed by atoms with Crippen molar-refractivity contribution < 1.29 is 9.59 Å². The largest absolute Gasteiger partial charge is 0.366 e. The first-order chi connectivity index (χ1) is 12.0. The van der Waals surface area contributed by atoms with Crippen molar-refractivity contribution in [2.45, 2.75) is 18.5 Å². The quantitative estimate of drug-likeness (QED) is 0.665. The van der Waals surface area contributed by atoms with Crippen molar-refractivity contribution in [2.24, 2.45) is 11.5 Å². The molecule has 0 unspecified atom stereocenters. The summed E-state index contributed by atoms with van der Waals surface area (Å²) in [5, 5.41) is 6.38. The molecule has 2 aliphatic heterocycles. The lowest BCUT2D eigenvalue weighted by Gasteiger charge is -2.31. The van der Waals surface area contributed by atoms with Gasteiger partial charge in [-0.15, -0.1) is 11.3 Å². The summed E-state index contributed by atoms with van der Waals surface area (Å²) in [5.74, 6) is -0.590. The molecule has 2 atom stereocenters. The molecule has 3 amide bonds. The van der Waals surface area contributed by atoms with Crippen LogP contribution in [0.2, 0.25) is 0 Å². The Labute approximate surface area is 149 Å². The van der Waals surface area contributed by atoms with Gasteiger partial charge in [-0.2, -0.15) is 0 Å². The monoisotopic (exact) mass is 357 g/mol. The predicted molar refractivity (Wildman–Crippen MR) is 99.0 cm³/mol. The Morgan fingerprint density at radius 3 is 2.72 bits per heavy atom. The minimum Gasteiger partial charge on any atom is -0.366 e. The number of piperazine rings is 1. The van der Waals surface area contributed by atoms with E-state index in [9.17, 15) is 9.59 Å². The molecule has 0 aliphatic carbocycles. The number of benzene rings is 1. The first-order valence-corrected chi connectivity index (χ1v) is 8.94. The number of amides is 3. The zero-order chi connectivity index (χ0) is 17.6. The Kier molecular flexibility index (Phi) is 3.85. The number of anilines is 2. The smallest absolute Gasteiger partial charge is 0.317 e. The molecule has 6 N–H and O–H groups in total. The van der Waals surface area contributed by atoms with E-state index in [2.05, 4.69) is 21.6 Å². The molecular formula is C17H19N5O2S. The lowest BCUT2D eigenvalue weighted by molar-refractivity contribution is 0.100. The van der Waals surface area contributed by atoms with E-state index in [1.54, 1.807) is 6.07 Å². The number of nitrogens with two attached hydrogens (primary N) is 2. The highest BCUT2D eigenvalue weighted by molar-refractivity contribution is 7.20. The van der Waals surface area contributed by atoms with Crippen LogP contribution >= 0.6 is 11.3 Å².